The van der Waals surface area contributed by atoms with Gasteiger partial charge in [-0.2, -0.15) is 0 Å². The second-order valence-corrected chi connectivity index (χ2v) is 7.40. The fourth-order valence-electron chi connectivity index (χ4n) is 4.18. The molecule has 0 amide bonds. The molecule has 0 saturated carbocycles. The Labute approximate surface area is 161 Å². The molecule has 4 aromatic rings. The Bertz CT molecular complexity index is 1220. The molecular weight excluding hydrogens is 354 g/mol. The molecule has 0 aliphatic heterocycles. The largest absolute Gasteiger partial charge is 0.353 e. The number of rotatable bonds is 3. The molecule has 4 heteroatoms. The molecule has 0 saturated heterocycles. The molecule has 0 fully saturated rings. The van der Waals surface area contributed by atoms with E-state index in [1.54, 1.807) is 0 Å². The van der Waals surface area contributed by atoms with Gasteiger partial charge in [0.25, 0.3) is 0 Å². The number of nitrogens with zero attached hydrogens (tertiary/aromatic N) is 1. The molecule has 0 unspecified atom stereocenters. The Morgan fingerprint density at radius 1 is 0.893 bits per heavy atom. The molecule has 1 N–H and O–H groups in total. The van der Waals surface area contributed by atoms with E-state index in [4.69, 9.17) is 4.99 Å². The summed E-state index contributed by atoms with van der Waals surface area (Å²) in [5, 5.41) is 3.26. The van der Waals surface area contributed by atoms with Crippen LogP contribution < -0.4 is 0 Å². The zero-order valence-corrected chi connectivity index (χ0v) is 15.4. The van der Waals surface area contributed by atoms with Crippen LogP contribution in [0.2, 0.25) is 0 Å². The van der Waals surface area contributed by atoms with Crippen molar-refractivity contribution in [3.05, 3.63) is 83.1 Å². The fraction of sp³-hybridized carbons (Fsp3) is 0.208. The Morgan fingerprint density at radius 3 is 2.61 bits per heavy atom. The van der Waals surface area contributed by atoms with Crippen LogP contribution in [0.5, 0.6) is 0 Å². The number of benzene rings is 3. The fourth-order valence-corrected chi connectivity index (χ4v) is 4.18. The van der Waals surface area contributed by atoms with Gasteiger partial charge < -0.3 is 4.98 Å². The van der Waals surface area contributed by atoms with Crippen LogP contribution in [0.1, 0.15) is 29.7 Å². The van der Waals surface area contributed by atoms with Gasteiger partial charge in [-0.15, -0.1) is 0 Å². The molecule has 0 radical (unpaired) electrons. The summed E-state index contributed by atoms with van der Waals surface area (Å²) in [6.45, 7) is 0.700. The first-order valence-corrected chi connectivity index (χ1v) is 9.70. The third-order valence-electron chi connectivity index (χ3n) is 5.59. The van der Waals surface area contributed by atoms with Crippen molar-refractivity contribution in [1.82, 2.24) is 4.98 Å². The number of hydrogen-bond donors (Lipinski definition) is 1. The first-order valence-electron chi connectivity index (χ1n) is 9.70. The summed E-state index contributed by atoms with van der Waals surface area (Å²) in [6, 6.07) is 17.4. The average Bonchev–Trinajstić information content (AvgIpc) is 3.06. The lowest BCUT2D eigenvalue weighted by Crippen LogP contribution is -2.12. The van der Waals surface area contributed by atoms with Gasteiger partial charge >= 0.3 is 0 Å². The highest BCUT2D eigenvalue weighted by Gasteiger charge is 2.21. The summed E-state index contributed by atoms with van der Waals surface area (Å²) in [5.74, 6) is -1.62. The quantitative estimate of drug-likeness (QED) is 0.458. The lowest BCUT2D eigenvalue weighted by Gasteiger charge is -2.14. The van der Waals surface area contributed by atoms with E-state index >= 15 is 0 Å². The summed E-state index contributed by atoms with van der Waals surface area (Å²) in [4.78, 5) is 8.11. The summed E-state index contributed by atoms with van der Waals surface area (Å²) in [7, 11) is 0. The highest BCUT2D eigenvalue weighted by Crippen LogP contribution is 2.31. The lowest BCUT2D eigenvalue weighted by molar-refractivity contribution is 0.511. The van der Waals surface area contributed by atoms with E-state index in [1.807, 2.05) is 6.07 Å². The minimum Gasteiger partial charge on any atom is -0.353 e. The zero-order valence-electron chi connectivity index (χ0n) is 15.4. The molecular formula is C24H20F2N2. The number of aliphatic imine (C=N–C) groups is 1. The molecule has 28 heavy (non-hydrogen) atoms. The van der Waals surface area contributed by atoms with E-state index in [0.717, 1.165) is 48.0 Å². The Kier molecular flexibility index (Phi) is 4.19. The monoisotopic (exact) mass is 374 g/mol. The van der Waals surface area contributed by atoms with Gasteiger partial charge in [-0.05, 0) is 53.6 Å². The van der Waals surface area contributed by atoms with Crippen LogP contribution >= 0.6 is 0 Å². The summed E-state index contributed by atoms with van der Waals surface area (Å²) in [6.07, 6.45) is 3.60. The number of aromatic nitrogens is 1. The minimum absolute atomic E-state index is 0.646. The normalized spacial score (nSPS) is 15.4. The first kappa shape index (κ1) is 17.1. The van der Waals surface area contributed by atoms with Crippen LogP contribution in [-0.2, 0) is 12.8 Å². The maximum absolute atomic E-state index is 13.7. The van der Waals surface area contributed by atoms with E-state index in [1.165, 1.54) is 28.5 Å². The summed E-state index contributed by atoms with van der Waals surface area (Å²) < 4.78 is 27.3. The van der Waals surface area contributed by atoms with E-state index in [0.29, 0.717) is 12.1 Å². The molecule has 1 aliphatic rings. The number of hydrogen-bond acceptors (Lipinski definition) is 1. The minimum atomic E-state index is -0.819. The molecule has 1 aliphatic carbocycles. The molecule has 5 rings (SSSR count). The standard InChI is InChI=1S/C24H20F2N2/c25-20-13-19-18-6-3-7-22(24(18)28-23(19)14-21(20)26)27-11-10-15-8-9-16-4-1-2-5-17(16)12-15/h1-2,4-5,8-9,12-14,28H,3,6-7,10-11H2. The van der Waals surface area contributed by atoms with Crippen molar-refractivity contribution in [2.45, 2.75) is 25.7 Å². The highest BCUT2D eigenvalue weighted by molar-refractivity contribution is 6.06. The van der Waals surface area contributed by atoms with Crippen LogP contribution in [-0.4, -0.2) is 17.2 Å². The van der Waals surface area contributed by atoms with Crippen molar-refractivity contribution in [2.24, 2.45) is 4.99 Å². The maximum Gasteiger partial charge on any atom is 0.160 e. The van der Waals surface area contributed by atoms with Crippen molar-refractivity contribution in [3.63, 3.8) is 0 Å². The lowest BCUT2D eigenvalue weighted by atomic mass is 9.94. The molecule has 3 aromatic carbocycles. The van der Waals surface area contributed by atoms with Crippen molar-refractivity contribution >= 4 is 27.4 Å². The van der Waals surface area contributed by atoms with Crippen molar-refractivity contribution < 1.29 is 8.78 Å². The predicted molar refractivity (Wildman–Crippen MR) is 110 cm³/mol. The average molecular weight is 374 g/mol. The van der Waals surface area contributed by atoms with Gasteiger partial charge in [0.1, 0.15) is 0 Å². The highest BCUT2D eigenvalue weighted by atomic mass is 19.2. The third-order valence-corrected chi connectivity index (χ3v) is 5.59. The Morgan fingerprint density at radius 2 is 1.71 bits per heavy atom. The van der Waals surface area contributed by atoms with Crippen molar-refractivity contribution in [3.8, 4) is 0 Å². The summed E-state index contributed by atoms with van der Waals surface area (Å²) in [5.41, 5.74) is 4.93. The number of H-pyrrole nitrogens is 1. The van der Waals surface area contributed by atoms with E-state index in [9.17, 15) is 8.78 Å². The van der Waals surface area contributed by atoms with E-state index in [-0.39, 0.29) is 0 Å². The number of nitrogens with one attached hydrogen (secondary N) is 1. The van der Waals surface area contributed by atoms with Gasteiger partial charge in [0.2, 0.25) is 0 Å². The van der Waals surface area contributed by atoms with Crippen LogP contribution in [0.25, 0.3) is 21.7 Å². The molecule has 0 atom stereocenters. The number of halogens is 2. The SMILES string of the molecule is Fc1cc2[nH]c3c(c2cc1F)CCCC3=NCCc1ccc2ccccc2c1. The van der Waals surface area contributed by atoms with Crippen molar-refractivity contribution in [1.29, 1.82) is 0 Å². The van der Waals surface area contributed by atoms with Crippen LogP contribution in [0.3, 0.4) is 0 Å². The van der Waals surface area contributed by atoms with Crippen molar-refractivity contribution in [2.75, 3.05) is 6.54 Å². The topological polar surface area (TPSA) is 28.1 Å². The second-order valence-electron chi connectivity index (χ2n) is 7.40. The molecule has 2 nitrogen and oxygen atoms in total. The molecule has 140 valence electrons. The Balaban J connectivity index is 1.41. The second kappa shape index (κ2) is 6.86. The smallest absolute Gasteiger partial charge is 0.160 e. The number of aromatic amines is 1. The van der Waals surface area contributed by atoms with Crippen LogP contribution in [0, 0.1) is 11.6 Å². The summed E-state index contributed by atoms with van der Waals surface area (Å²) >= 11 is 0. The van der Waals surface area contributed by atoms with Gasteiger partial charge in [-0.25, -0.2) is 8.78 Å². The van der Waals surface area contributed by atoms with Gasteiger partial charge in [0, 0.05) is 23.5 Å². The molecule has 1 heterocycles. The van der Waals surface area contributed by atoms with Crippen LogP contribution in [0.4, 0.5) is 8.78 Å². The molecule has 0 bridgehead atoms. The zero-order chi connectivity index (χ0) is 19.1. The predicted octanol–water partition coefficient (Wildman–Crippen LogP) is 5.97. The van der Waals surface area contributed by atoms with Crippen LogP contribution in [0.15, 0.2) is 59.6 Å². The maximum atomic E-state index is 13.7. The van der Waals surface area contributed by atoms with E-state index < -0.39 is 11.6 Å². The molecule has 1 aromatic heterocycles. The van der Waals surface area contributed by atoms with Gasteiger partial charge in [0.15, 0.2) is 11.6 Å². The van der Waals surface area contributed by atoms with E-state index in [2.05, 4.69) is 41.4 Å². The number of aryl methyl sites for hydroxylation is 1. The first-order chi connectivity index (χ1) is 13.7. The van der Waals surface area contributed by atoms with Gasteiger partial charge in [0.05, 0.1) is 11.4 Å². The van der Waals surface area contributed by atoms with Gasteiger partial charge in [-0.1, -0.05) is 42.5 Å². The Hall–Kier alpha value is -3.01. The van der Waals surface area contributed by atoms with Gasteiger partial charge in [-0.3, -0.25) is 4.99 Å². The molecule has 0 spiro atoms. The number of fused-ring (bicyclic) bond motifs is 4. The third kappa shape index (κ3) is 2.99.